The van der Waals surface area contributed by atoms with E-state index in [4.69, 9.17) is 11.6 Å². The lowest BCUT2D eigenvalue weighted by atomic mass is 9.98. The molecular formula is C15H16ClN. The van der Waals surface area contributed by atoms with Crippen molar-refractivity contribution in [2.24, 2.45) is 0 Å². The normalized spacial score (nSPS) is 12.6. The second kappa shape index (κ2) is 5.24. The molecular weight excluding hydrogens is 230 g/mol. The van der Waals surface area contributed by atoms with E-state index in [2.05, 4.69) is 37.4 Å². The van der Waals surface area contributed by atoms with Gasteiger partial charge in [-0.25, -0.2) is 0 Å². The van der Waals surface area contributed by atoms with E-state index in [0.29, 0.717) is 0 Å². The maximum atomic E-state index is 6.22. The minimum absolute atomic E-state index is 0.797. The van der Waals surface area contributed by atoms with E-state index in [0.717, 1.165) is 17.0 Å². The smallest absolute Gasteiger partial charge is 0.0485 e. The van der Waals surface area contributed by atoms with Crippen LogP contribution in [0.2, 0.25) is 5.02 Å². The molecule has 17 heavy (non-hydrogen) atoms. The van der Waals surface area contributed by atoms with E-state index < -0.39 is 0 Å². The van der Waals surface area contributed by atoms with Crippen molar-refractivity contribution < 1.29 is 0 Å². The molecule has 0 radical (unpaired) electrons. The van der Waals surface area contributed by atoms with Gasteiger partial charge in [-0.15, -0.1) is 0 Å². The zero-order valence-electron chi connectivity index (χ0n) is 10.1. The van der Waals surface area contributed by atoms with Gasteiger partial charge in [0.2, 0.25) is 0 Å². The van der Waals surface area contributed by atoms with Gasteiger partial charge in [0.1, 0.15) is 0 Å². The van der Waals surface area contributed by atoms with Crippen molar-refractivity contribution in [3.05, 3.63) is 57.9 Å². The Bertz CT molecular complexity index is 506. The van der Waals surface area contributed by atoms with E-state index >= 15 is 0 Å². The molecule has 0 bridgehead atoms. The zero-order chi connectivity index (χ0) is 12.3. The fourth-order valence-corrected chi connectivity index (χ4v) is 2.06. The molecule has 2 rings (SSSR count). The first kappa shape index (κ1) is 12.0. The van der Waals surface area contributed by atoms with Crippen molar-refractivity contribution in [2.45, 2.75) is 20.3 Å². The van der Waals surface area contributed by atoms with Crippen molar-refractivity contribution in [1.29, 1.82) is 0 Å². The Morgan fingerprint density at radius 2 is 1.88 bits per heavy atom. The maximum absolute atomic E-state index is 6.22. The highest BCUT2D eigenvalue weighted by molar-refractivity contribution is 6.32. The first-order valence-corrected chi connectivity index (χ1v) is 6.10. The highest BCUT2D eigenvalue weighted by Gasteiger charge is 2.08. The Kier molecular flexibility index (Phi) is 3.70. The second-order valence-corrected chi connectivity index (χ2v) is 4.76. The monoisotopic (exact) mass is 245 g/mol. The van der Waals surface area contributed by atoms with Crippen LogP contribution in [-0.4, -0.2) is 0 Å². The lowest BCUT2D eigenvalue weighted by Gasteiger charge is -2.09. The van der Waals surface area contributed by atoms with Crippen LogP contribution in [-0.2, 0) is 6.42 Å². The number of rotatable bonds is 2. The average molecular weight is 246 g/mol. The quantitative estimate of drug-likeness (QED) is 0.762. The van der Waals surface area contributed by atoms with Gasteiger partial charge in [0.15, 0.2) is 0 Å². The van der Waals surface area contributed by atoms with Crippen LogP contribution < -0.4 is 5.32 Å². The largest absolute Gasteiger partial charge is 0.368 e. The van der Waals surface area contributed by atoms with Crippen molar-refractivity contribution in [2.75, 3.05) is 0 Å². The summed E-state index contributed by atoms with van der Waals surface area (Å²) in [5.74, 6) is 0. The van der Waals surface area contributed by atoms with Crippen LogP contribution >= 0.6 is 11.6 Å². The zero-order valence-corrected chi connectivity index (χ0v) is 10.9. The van der Waals surface area contributed by atoms with Crippen LogP contribution in [0, 0.1) is 0 Å². The molecule has 0 saturated carbocycles. The minimum atomic E-state index is 0.797. The number of fused-ring (bicyclic) bond motifs is 1. The number of hydrogen-bond donors (Lipinski definition) is 1. The van der Waals surface area contributed by atoms with Crippen LogP contribution in [0.5, 0.6) is 0 Å². The lowest BCUT2D eigenvalue weighted by Crippen LogP contribution is -1.92. The van der Waals surface area contributed by atoms with E-state index in [1.54, 1.807) is 0 Å². The molecule has 1 aliphatic heterocycles. The van der Waals surface area contributed by atoms with Crippen molar-refractivity contribution in [1.82, 2.24) is 5.32 Å². The molecule has 0 aliphatic carbocycles. The van der Waals surface area contributed by atoms with E-state index in [-0.39, 0.29) is 0 Å². The molecule has 1 aromatic rings. The highest BCUT2D eigenvalue weighted by atomic mass is 35.5. The fourth-order valence-electron chi connectivity index (χ4n) is 1.83. The van der Waals surface area contributed by atoms with Gasteiger partial charge >= 0.3 is 0 Å². The SMILES string of the molecule is CC(C)=CCc1ccc(Cl)c2c1C=CNC=C2. The standard InChI is InChI=1S/C15H16ClN/c1-11(2)3-4-12-5-6-15(16)14-8-10-17-9-7-13(12)14/h3,5-10,17H,4H2,1-2H3. The summed E-state index contributed by atoms with van der Waals surface area (Å²) in [5.41, 5.74) is 4.93. The molecule has 0 aromatic heterocycles. The van der Waals surface area contributed by atoms with Crippen LogP contribution in [0.25, 0.3) is 12.2 Å². The van der Waals surface area contributed by atoms with Crippen molar-refractivity contribution >= 4 is 23.8 Å². The number of allylic oxidation sites excluding steroid dienone is 2. The third-order valence-electron chi connectivity index (χ3n) is 2.75. The lowest BCUT2D eigenvalue weighted by molar-refractivity contribution is 1.20. The molecule has 1 heterocycles. The number of hydrogen-bond acceptors (Lipinski definition) is 1. The van der Waals surface area contributed by atoms with Crippen LogP contribution in [0.1, 0.15) is 30.5 Å². The summed E-state index contributed by atoms with van der Waals surface area (Å²) in [7, 11) is 0. The summed E-state index contributed by atoms with van der Waals surface area (Å²) >= 11 is 6.22. The average Bonchev–Trinajstić information content (AvgIpc) is 2.54. The minimum Gasteiger partial charge on any atom is -0.368 e. The molecule has 0 spiro atoms. The van der Waals surface area contributed by atoms with Crippen molar-refractivity contribution in [3.63, 3.8) is 0 Å². The molecule has 0 unspecified atom stereocenters. The summed E-state index contributed by atoms with van der Waals surface area (Å²) in [6.07, 6.45) is 11.1. The maximum Gasteiger partial charge on any atom is 0.0485 e. The molecule has 1 N–H and O–H groups in total. The van der Waals surface area contributed by atoms with Gasteiger partial charge < -0.3 is 5.32 Å². The summed E-state index contributed by atoms with van der Waals surface area (Å²) < 4.78 is 0. The van der Waals surface area contributed by atoms with E-state index in [1.807, 2.05) is 24.5 Å². The second-order valence-electron chi connectivity index (χ2n) is 4.35. The summed E-state index contributed by atoms with van der Waals surface area (Å²) in [6, 6.07) is 4.07. The van der Waals surface area contributed by atoms with Gasteiger partial charge in [0, 0.05) is 23.0 Å². The Labute approximate surface area is 107 Å². The van der Waals surface area contributed by atoms with Gasteiger partial charge in [0.05, 0.1) is 0 Å². The number of halogens is 1. The molecule has 1 aliphatic rings. The Hall–Kier alpha value is -1.47. The Morgan fingerprint density at radius 3 is 2.59 bits per heavy atom. The molecule has 0 atom stereocenters. The fraction of sp³-hybridized carbons (Fsp3) is 0.200. The van der Waals surface area contributed by atoms with Crippen LogP contribution in [0.15, 0.2) is 36.2 Å². The summed E-state index contributed by atoms with van der Waals surface area (Å²) in [4.78, 5) is 0. The third kappa shape index (κ3) is 2.80. The first-order chi connectivity index (χ1) is 8.18. The molecule has 88 valence electrons. The van der Waals surface area contributed by atoms with Crippen molar-refractivity contribution in [3.8, 4) is 0 Å². The third-order valence-corrected chi connectivity index (χ3v) is 3.08. The van der Waals surface area contributed by atoms with Gasteiger partial charge in [-0.2, -0.15) is 0 Å². The Balaban J connectivity index is 2.48. The summed E-state index contributed by atoms with van der Waals surface area (Å²) in [6.45, 7) is 4.23. The number of benzene rings is 1. The Morgan fingerprint density at radius 1 is 1.18 bits per heavy atom. The van der Waals surface area contributed by atoms with Crippen LogP contribution in [0.3, 0.4) is 0 Å². The van der Waals surface area contributed by atoms with E-state index in [1.165, 1.54) is 16.7 Å². The predicted molar refractivity (Wildman–Crippen MR) is 75.8 cm³/mol. The molecule has 1 nitrogen and oxygen atoms in total. The van der Waals surface area contributed by atoms with Gasteiger partial charge in [0.25, 0.3) is 0 Å². The van der Waals surface area contributed by atoms with Gasteiger partial charge in [-0.3, -0.25) is 0 Å². The van der Waals surface area contributed by atoms with Gasteiger partial charge in [-0.1, -0.05) is 29.3 Å². The first-order valence-electron chi connectivity index (χ1n) is 5.72. The summed E-state index contributed by atoms with van der Waals surface area (Å²) in [5, 5.41) is 3.88. The van der Waals surface area contributed by atoms with Crippen LogP contribution in [0.4, 0.5) is 0 Å². The molecule has 2 heteroatoms. The number of nitrogens with one attached hydrogen (secondary N) is 1. The van der Waals surface area contributed by atoms with Gasteiger partial charge in [-0.05, 0) is 49.6 Å². The molecule has 0 fully saturated rings. The predicted octanol–water partition coefficient (Wildman–Crippen LogP) is 4.39. The molecule has 0 amide bonds. The highest BCUT2D eigenvalue weighted by Crippen LogP contribution is 2.27. The molecule has 0 saturated heterocycles. The molecule has 1 aromatic carbocycles. The van der Waals surface area contributed by atoms with E-state index in [9.17, 15) is 0 Å². The topological polar surface area (TPSA) is 12.0 Å².